The summed E-state index contributed by atoms with van der Waals surface area (Å²) >= 11 is 0. The number of hydrogen-bond donors (Lipinski definition) is 1. The van der Waals surface area contributed by atoms with E-state index in [1.807, 2.05) is 0 Å². The summed E-state index contributed by atoms with van der Waals surface area (Å²) in [6, 6.07) is 6.54. The van der Waals surface area contributed by atoms with Gasteiger partial charge in [0.15, 0.2) is 0 Å². The molecule has 2 aliphatic rings. The van der Waals surface area contributed by atoms with E-state index in [4.69, 9.17) is 0 Å². The Morgan fingerprint density at radius 2 is 1.76 bits per heavy atom. The summed E-state index contributed by atoms with van der Waals surface area (Å²) in [5.41, 5.74) is 0.527. The van der Waals surface area contributed by atoms with Crippen molar-refractivity contribution in [3.63, 3.8) is 0 Å². The molecular weight excluding hydrogens is 340 g/mol. The van der Waals surface area contributed by atoms with Gasteiger partial charge in [-0.2, -0.15) is 4.31 Å². The first kappa shape index (κ1) is 18.3. The lowest BCUT2D eigenvalue weighted by atomic mass is 10.3. The van der Waals surface area contributed by atoms with Crippen molar-refractivity contribution < 1.29 is 13.2 Å². The number of hydrogen-bond acceptors (Lipinski definition) is 5. The average molecular weight is 366 g/mol. The van der Waals surface area contributed by atoms with Crippen LogP contribution in [0.2, 0.25) is 0 Å². The molecule has 8 heteroatoms. The number of carbonyl (C=O) groups is 1. The largest absolute Gasteiger partial charge is 0.325 e. The number of nitrogens with one attached hydrogen (secondary N) is 1. The molecule has 0 aromatic heterocycles. The van der Waals surface area contributed by atoms with Crippen molar-refractivity contribution in [2.45, 2.75) is 17.7 Å². The Hall–Kier alpha value is -1.48. The van der Waals surface area contributed by atoms with Gasteiger partial charge in [0, 0.05) is 45.0 Å². The summed E-state index contributed by atoms with van der Waals surface area (Å²) in [5.74, 6) is -0.111. The van der Waals surface area contributed by atoms with Crippen molar-refractivity contribution >= 4 is 21.6 Å². The van der Waals surface area contributed by atoms with E-state index in [9.17, 15) is 13.2 Å². The predicted molar refractivity (Wildman–Crippen MR) is 97.0 cm³/mol. The first-order valence-corrected chi connectivity index (χ1v) is 10.2. The summed E-state index contributed by atoms with van der Waals surface area (Å²) in [6.07, 6.45) is 1.81. The van der Waals surface area contributed by atoms with E-state index in [2.05, 4.69) is 22.2 Å². The molecule has 1 amide bonds. The zero-order valence-corrected chi connectivity index (χ0v) is 15.5. The molecule has 25 heavy (non-hydrogen) atoms. The van der Waals surface area contributed by atoms with Crippen LogP contribution in [0, 0.1) is 0 Å². The van der Waals surface area contributed by atoms with Crippen molar-refractivity contribution in [3.8, 4) is 0 Å². The lowest BCUT2D eigenvalue weighted by molar-refractivity contribution is -0.117. The van der Waals surface area contributed by atoms with E-state index >= 15 is 0 Å². The second-order valence-corrected chi connectivity index (χ2v) is 8.70. The van der Waals surface area contributed by atoms with Crippen molar-refractivity contribution in [1.29, 1.82) is 0 Å². The van der Waals surface area contributed by atoms with E-state index in [1.54, 1.807) is 24.3 Å². The van der Waals surface area contributed by atoms with E-state index in [0.717, 1.165) is 39.0 Å². The van der Waals surface area contributed by atoms with E-state index in [0.29, 0.717) is 25.3 Å². The van der Waals surface area contributed by atoms with Crippen LogP contribution in [0.25, 0.3) is 0 Å². The maximum absolute atomic E-state index is 12.6. The molecular formula is C17H26N4O3S. The minimum Gasteiger partial charge on any atom is -0.325 e. The fraction of sp³-hybridized carbons (Fsp3) is 0.588. The Morgan fingerprint density at radius 3 is 2.44 bits per heavy atom. The highest BCUT2D eigenvalue weighted by Crippen LogP contribution is 2.23. The van der Waals surface area contributed by atoms with Gasteiger partial charge in [0.25, 0.3) is 0 Å². The molecule has 0 radical (unpaired) electrons. The molecule has 0 unspecified atom stereocenters. The van der Waals surface area contributed by atoms with Gasteiger partial charge in [0.05, 0.1) is 11.4 Å². The third-order valence-corrected chi connectivity index (χ3v) is 6.68. The van der Waals surface area contributed by atoms with Crippen LogP contribution >= 0.6 is 0 Å². The molecule has 2 saturated heterocycles. The molecule has 7 nitrogen and oxygen atoms in total. The zero-order chi connectivity index (χ0) is 17.9. The Balaban J connectivity index is 1.62. The maximum atomic E-state index is 12.6. The van der Waals surface area contributed by atoms with E-state index in [1.165, 1.54) is 4.31 Å². The lowest BCUT2D eigenvalue weighted by Crippen LogP contribution is -2.47. The number of benzene rings is 1. The van der Waals surface area contributed by atoms with Gasteiger partial charge in [0.1, 0.15) is 0 Å². The Morgan fingerprint density at radius 1 is 1.08 bits per heavy atom. The molecule has 1 aromatic rings. The minimum absolute atomic E-state index is 0.111. The first-order chi connectivity index (χ1) is 11.9. The SMILES string of the molecule is CN1CCN(CC(=O)Nc2cccc(S(=O)(=O)N3CCCC3)c2)CC1. The van der Waals surface area contributed by atoms with E-state index in [-0.39, 0.29) is 10.8 Å². The van der Waals surface area contributed by atoms with Crippen LogP contribution in [-0.2, 0) is 14.8 Å². The molecule has 0 saturated carbocycles. The van der Waals surface area contributed by atoms with Crippen molar-refractivity contribution in [2.24, 2.45) is 0 Å². The average Bonchev–Trinajstić information content (AvgIpc) is 3.12. The Bertz CT molecular complexity index is 708. The third kappa shape index (κ3) is 4.58. The second kappa shape index (κ2) is 7.82. The van der Waals surface area contributed by atoms with Gasteiger partial charge in [-0.05, 0) is 38.1 Å². The van der Waals surface area contributed by atoms with Crippen LogP contribution < -0.4 is 5.32 Å². The number of sulfonamides is 1. The van der Waals surface area contributed by atoms with Crippen molar-refractivity contribution in [3.05, 3.63) is 24.3 Å². The van der Waals surface area contributed by atoms with E-state index < -0.39 is 10.0 Å². The number of carbonyl (C=O) groups excluding carboxylic acids is 1. The smallest absolute Gasteiger partial charge is 0.243 e. The number of piperazine rings is 1. The standard InChI is InChI=1S/C17H26N4O3S/c1-19-9-11-20(12-10-19)14-17(22)18-15-5-4-6-16(13-15)25(23,24)21-7-2-3-8-21/h4-6,13H,2-3,7-12,14H2,1H3,(H,18,22). The summed E-state index contributed by atoms with van der Waals surface area (Å²) < 4.78 is 26.8. The van der Waals surface area contributed by atoms with Crippen LogP contribution in [0.3, 0.4) is 0 Å². The minimum atomic E-state index is -3.46. The van der Waals surface area contributed by atoms with Crippen LogP contribution in [0.4, 0.5) is 5.69 Å². The highest BCUT2D eigenvalue weighted by Gasteiger charge is 2.27. The molecule has 2 fully saturated rings. The molecule has 0 spiro atoms. The monoisotopic (exact) mass is 366 g/mol. The predicted octanol–water partition coefficient (Wildman–Crippen LogP) is 0.657. The highest BCUT2D eigenvalue weighted by atomic mass is 32.2. The van der Waals surface area contributed by atoms with Gasteiger partial charge < -0.3 is 10.2 Å². The first-order valence-electron chi connectivity index (χ1n) is 8.76. The van der Waals surface area contributed by atoms with Gasteiger partial charge in [-0.3, -0.25) is 9.69 Å². The Kier molecular flexibility index (Phi) is 5.73. The number of rotatable bonds is 5. The second-order valence-electron chi connectivity index (χ2n) is 6.77. The molecule has 2 heterocycles. The normalized spacial score (nSPS) is 20.7. The molecule has 0 atom stereocenters. The summed E-state index contributed by atoms with van der Waals surface area (Å²) in [4.78, 5) is 16.8. The van der Waals surface area contributed by atoms with Crippen molar-refractivity contribution in [1.82, 2.24) is 14.1 Å². The quantitative estimate of drug-likeness (QED) is 0.829. The van der Waals surface area contributed by atoms with Crippen LogP contribution in [0.5, 0.6) is 0 Å². The van der Waals surface area contributed by atoms with Gasteiger partial charge in [0.2, 0.25) is 15.9 Å². The van der Waals surface area contributed by atoms with Gasteiger partial charge >= 0.3 is 0 Å². The lowest BCUT2D eigenvalue weighted by Gasteiger charge is -2.31. The number of nitrogens with zero attached hydrogens (tertiary/aromatic N) is 3. The maximum Gasteiger partial charge on any atom is 0.243 e. The summed E-state index contributed by atoms with van der Waals surface area (Å²) in [5, 5.41) is 2.83. The molecule has 3 rings (SSSR count). The number of anilines is 1. The molecule has 0 aliphatic carbocycles. The fourth-order valence-electron chi connectivity index (χ4n) is 3.22. The molecule has 0 bridgehead atoms. The summed E-state index contributed by atoms with van der Waals surface area (Å²) in [6.45, 7) is 5.12. The number of likely N-dealkylation sites (N-methyl/N-ethyl adjacent to an activating group) is 1. The van der Waals surface area contributed by atoms with Crippen molar-refractivity contribution in [2.75, 3.05) is 58.2 Å². The number of amides is 1. The molecule has 1 aromatic carbocycles. The third-order valence-electron chi connectivity index (χ3n) is 4.78. The summed E-state index contributed by atoms with van der Waals surface area (Å²) in [7, 11) is -1.39. The Labute approximate surface area is 149 Å². The molecule has 138 valence electrons. The van der Waals surface area contributed by atoms with Gasteiger partial charge in [-0.25, -0.2) is 8.42 Å². The van der Waals surface area contributed by atoms with Gasteiger partial charge in [-0.15, -0.1) is 0 Å². The van der Waals surface area contributed by atoms with Gasteiger partial charge in [-0.1, -0.05) is 6.07 Å². The van der Waals surface area contributed by atoms with Crippen LogP contribution in [0.1, 0.15) is 12.8 Å². The van der Waals surface area contributed by atoms with Crippen LogP contribution in [0.15, 0.2) is 29.2 Å². The topological polar surface area (TPSA) is 73.0 Å². The molecule has 2 aliphatic heterocycles. The van der Waals surface area contributed by atoms with Crippen LogP contribution in [-0.4, -0.2) is 81.3 Å². The fourth-order valence-corrected chi connectivity index (χ4v) is 4.78. The molecule has 1 N–H and O–H groups in total. The zero-order valence-electron chi connectivity index (χ0n) is 14.6. The highest BCUT2D eigenvalue weighted by molar-refractivity contribution is 7.89.